The zero-order chi connectivity index (χ0) is 18.6. The summed E-state index contributed by atoms with van der Waals surface area (Å²) in [5.74, 6) is -1.25. The van der Waals surface area contributed by atoms with Crippen LogP contribution < -0.4 is 16.4 Å². The van der Waals surface area contributed by atoms with Crippen LogP contribution in [0.25, 0.3) is 10.8 Å². The number of nitrogens with zero attached hydrogens (tertiary/aromatic N) is 1. The third kappa shape index (κ3) is 4.79. The average Bonchev–Trinajstić information content (AvgIpc) is 2.55. The Bertz CT molecular complexity index is 910. The number of carbonyl (C=O) groups is 2. The summed E-state index contributed by atoms with van der Waals surface area (Å²) in [5, 5.41) is 14.5. The van der Waals surface area contributed by atoms with Gasteiger partial charge in [0.15, 0.2) is 0 Å². The molecule has 8 nitrogen and oxygen atoms in total. The Labute approximate surface area is 143 Å². The molecule has 1 aromatic carbocycles. The van der Waals surface area contributed by atoms with Crippen molar-refractivity contribution in [3.63, 3.8) is 0 Å². The van der Waals surface area contributed by atoms with Crippen molar-refractivity contribution in [1.82, 2.24) is 15.1 Å². The molecule has 25 heavy (non-hydrogen) atoms. The highest BCUT2D eigenvalue weighted by atomic mass is 16.4. The number of hydrogen-bond acceptors (Lipinski definition) is 4. The Hall–Kier alpha value is -2.90. The van der Waals surface area contributed by atoms with Crippen LogP contribution in [0, 0.1) is 0 Å². The van der Waals surface area contributed by atoms with Crippen LogP contribution in [0.2, 0.25) is 0 Å². The van der Waals surface area contributed by atoms with E-state index in [-0.39, 0.29) is 30.9 Å². The van der Waals surface area contributed by atoms with Gasteiger partial charge in [0.1, 0.15) is 0 Å². The molecule has 8 heteroatoms. The van der Waals surface area contributed by atoms with Gasteiger partial charge < -0.3 is 10.4 Å². The average molecular weight is 347 g/mol. The minimum atomic E-state index is -0.928. The molecule has 0 atom stereocenters. The first-order valence-electron chi connectivity index (χ1n) is 7.94. The molecule has 0 aliphatic carbocycles. The second-order valence-corrected chi connectivity index (χ2v) is 6.52. The summed E-state index contributed by atoms with van der Waals surface area (Å²) in [5.41, 5.74) is -1.43. The molecule has 1 amide bonds. The quantitative estimate of drug-likeness (QED) is 0.685. The number of hydrogen-bond donors (Lipinski definition) is 3. The maximum absolute atomic E-state index is 12.4. The summed E-state index contributed by atoms with van der Waals surface area (Å²) in [4.78, 5) is 47.1. The van der Waals surface area contributed by atoms with Gasteiger partial charge in [-0.15, -0.1) is 0 Å². The summed E-state index contributed by atoms with van der Waals surface area (Å²) in [6.07, 6.45) is 0.232. The number of aliphatic carboxylic acids is 1. The van der Waals surface area contributed by atoms with Crippen LogP contribution in [-0.4, -0.2) is 32.3 Å². The Morgan fingerprint density at radius 2 is 1.80 bits per heavy atom. The number of carbonyl (C=O) groups excluding carboxylic acids is 1. The van der Waals surface area contributed by atoms with Gasteiger partial charge in [0.2, 0.25) is 5.91 Å². The number of aromatic nitrogens is 2. The molecule has 1 heterocycles. The fourth-order valence-electron chi connectivity index (χ4n) is 2.54. The summed E-state index contributed by atoms with van der Waals surface area (Å²) in [7, 11) is 0. The van der Waals surface area contributed by atoms with E-state index in [1.807, 2.05) is 0 Å². The minimum absolute atomic E-state index is 0.00924. The van der Waals surface area contributed by atoms with Gasteiger partial charge in [-0.25, -0.2) is 4.68 Å². The number of rotatable bonds is 7. The van der Waals surface area contributed by atoms with E-state index in [9.17, 15) is 19.2 Å². The standard InChI is InChI=1S/C17H21N3O5/c1-17(2,9-7-14(22)23)18-13(21)8-10-20-16(25)12-6-4-3-5-11(12)15(24)19-20/h3-6H,7-10H2,1-2H3,(H,18,21)(H,19,24)(H,22,23). The topological polar surface area (TPSA) is 121 Å². The van der Waals surface area contributed by atoms with Crippen molar-refractivity contribution < 1.29 is 14.7 Å². The fraction of sp³-hybridized carbons (Fsp3) is 0.412. The second-order valence-electron chi connectivity index (χ2n) is 6.52. The lowest BCUT2D eigenvalue weighted by molar-refractivity contribution is -0.137. The van der Waals surface area contributed by atoms with Crippen LogP contribution in [0.3, 0.4) is 0 Å². The molecule has 2 rings (SSSR count). The molecule has 0 radical (unpaired) electrons. The molecule has 0 unspecified atom stereocenters. The SMILES string of the molecule is CC(C)(CCC(=O)O)NC(=O)CCn1[nH]c(=O)c2ccccc2c1=O. The summed E-state index contributed by atoms with van der Waals surface area (Å²) >= 11 is 0. The number of fused-ring (bicyclic) bond motifs is 1. The molecule has 1 aromatic heterocycles. The van der Waals surface area contributed by atoms with Crippen molar-refractivity contribution in [3.05, 3.63) is 45.0 Å². The maximum Gasteiger partial charge on any atom is 0.303 e. The van der Waals surface area contributed by atoms with Gasteiger partial charge in [0.05, 0.1) is 17.3 Å². The Morgan fingerprint density at radius 1 is 1.16 bits per heavy atom. The highest BCUT2D eigenvalue weighted by Crippen LogP contribution is 2.11. The number of nitrogens with one attached hydrogen (secondary N) is 2. The zero-order valence-corrected chi connectivity index (χ0v) is 14.2. The lowest BCUT2D eigenvalue weighted by Gasteiger charge is -2.25. The maximum atomic E-state index is 12.4. The normalized spacial score (nSPS) is 11.4. The number of amides is 1. The largest absolute Gasteiger partial charge is 0.481 e. The van der Waals surface area contributed by atoms with Crippen molar-refractivity contribution in [2.24, 2.45) is 0 Å². The summed E-state index contributed by atoms with van der Waals surface area (Å²) < 4.78 is 1.12. The molecule has 0 bridgehead atoms. The predicted molar refractivity (Wildman–Crippen MR) is 92.5 cm³/mol. The monoisotopic (exact) mass is 347 g/mol. The summed E-state index contributed by atoms with van der Waals surface area (Å²) in [6, 6.07) is 6.48. The third-order valence-corrected chi connectivity index (χ3v) is 3.89. The van der Waals surface area contributed by atoms with E-state index in [1.54, 1.807) is 38.1 Å². The predicted octanol–water partition coefficient (Wildman–Crippen LogP) is 0.839. The Kier molecular flexibility index (Phi) is 5.41. The molecule has 0 saturated heterocycles. The Balaban J connectivity index is 2.06. The van der Waals surface area contributed by atoms with E-state index >= 15 is 0 Å². The van der Waals surface area contributed by atoms with Crippen LogP contribution in [-0.2, 0) is 16.1 Å². The van der Waals surface area contributed by atoms with Crippen LogP contribution in [0.15, 0.2) is 33.9 Å². The first kappa shape index (κ1) is 18.4. The number of benzene rings is 1. The van der Waals surface area contributed by atoms with E-state index in [2.05, 4.69) is 10.4 Å². The molecular weight excluding hydrogens is 326 g/mol. The van der Waals surface area contributed by atoms with Gasteiger partial charge in [-0.1, -0.05) is 12.1 Å². The molecule has 0 saturated carbocycles. The molecule has 0 fully saturated rings. The number of carboxylic acids is 1. The van der Waals surface area contributed by atoms with Crippen LogP contribution in [0.5, 0.6) is 0 Å². The lowest BCUT2D eigenvalue weighted by atomic mass is 9.98. The van der Waals surface area contributed by atoms with Crippen LogP contribution >= 0.6 is 0 Å². The van der Waals surface area contributed by atoms with E-state index < -0.39 is 17.1 Å². The van der Waals surface area contributed by atoms with E-state index in [0.717, 1.165) is 4.68 Å². The molecular formula is C17H21N3O5. The van der Waals surface area contributed by atoms with E-state index in [1.165, 1.54) is 0 Å². The zero-order valence-electron chi connectivity index (χ0n) is 14.2. The van der Waals surface area contributed by atoms with Crippen LogP contribution in [0.1, 0.15) is 33.1 Å². The van der Waals surface area contributed by atoms with Crippen LogP contribution in [0.4, 0.5) is 0 Å². The third-order valence-electron chi connectivity index (χ3n) is 3.89. The van der Waals surface area contributed by atoms with Gasteiger partial charge in [0, 0.05) is 18.4 Å². The van der Waals surface area contributed by atoms with E-state index in [4.69, 9.17) is 5.11 Å². The van der Waals surface area contributed by atoms with Gasteiger partial charge in [0.25, 0.3) is 11.1 Å². The number of aryl methyl sites for hydroxylation is 1. The molecule has 3 N–H and O–H groups in total. The number of carboxylic acid groups (broad SMARTS) is 1. The van der Waals surface area contributed by atoms with Gasteiger partial charge in [-0.2, -0.15) is 0 Å². The first-order chi connectivity index (χ1) is 11.7. The van der Waals surface area contributed by atoms with Gasteiger partial charge in [-0.3, -0.25) is 24.3 Å². The van der Waals surface area contributed by atoms with Crippen molar-refractivity contribution in [2.75, 3.05) is 0 Å². The van der Waals surface area contributed by atoms with Gasteiger partial charge in [-0.05, 0) is 32.4 Å². The van der Waals surface area contributed by atoms with Crippen molar-refractivity contribution in [3.8, 4) is 0 Å². The molecule has 0 aliphatic heterocycles. The smallest absolute Gasteiger partial charge is 0.303 e. The highest BCUT2D eigenvalue weighted by molar-refractivity contribution is 5.80. The second kappa shape index (κ2) is 7.33. The first-order valence-corrected chi connectivity index (χ1v) is 7.94. The van der Waals surface area contributed by atoms with Crippen molar-refractivity contribution in [2.45, 2.75) is 45.2 Å². The molecule has 2 aromatic rings. The minimum Gasteiger partial charge on any atom is -0.481 e. The van der Waals surface area contributed by atoms with Crippen molar-refractivity contribution >= 4 is 22.6 Å². The summed E-state index contributed by atoms with van der Waals surface area (Å²) in [6.45, 7) is 3.50. The highest BCUT2D eigenvalue weighted by Gasteiger charge is 2.21. The number of aromatic amines is 1. The molecule has 134 valence electrons. The Morgan fingerprint density at radius 3 is 2.44 bits per heavy atom. The van der Waals surface area contributed by atoms with Crippen molar-refractivity contribution in [1.29, 1.82) is 0 Å². The van der Waals surface area contributed by atoms with Gasteiger partial charge >= 0.3 is 5.97 Å². The van der Waals surface area contributed by atoms with E-state index in [0.29, 0.717) is 17.2 Å². The molecule has 0 aliphatic rings. The fourth-order valence-corrected chi connectivity index (χ4v) is 2.54. The lowest BCUT2D eigenvalue weighted by Crippen LogP contribution is -2.44. The number of H-pyrrole nitrogens is 1. The molecule has 0 spiro atoms.